The van der Waals surface area contributed by atoms with Gasteiger partial charge in [0, 0.05) is 12.1 Å². The molecule has 2 aromatic rings. The molecule has 0 aromatic heterocycles. The molecule has 2 atom stereocenters. The molecule has 0 heterocycles. The first-order chi connectivity index (χ1) is 17.7. The zero-order chi connectivity index (χ0) is 27.2. The molecule has 0 aliphatic rings. The maximum atomic E-state index is 13.2. The van der Waals surface area contributed by atoms with Gasteiger partial charge in [-0.05, 0) is 43.5 Å². The van der Waals surface area contributed by atoms with Gasteiger partial charge in [0.1, 0.15) is 18.6 Å². The second-order valence-electron chi connectivity index (χ2n) is 8.55. The number of unbranched alkanes of at least 4 members (excludes halogenated alkanes) is 1. The normalized spacial score (nSPS) is 12.1. The summed E-state index contributed by atoms with van der Waals surface area (Å²) in [7, 11) is 0. The van der Waals surface area contributed by atoms with Crippen molar-refractivity contribution in [2.45, 2.75) is 44.3 Å². The minimum Gasteiger partial charge on any atom is -0.370 e. The molecule has 2 rings (SSSR count). The van der Waals surface area contributed by atoms with Crippen LogP contribution in [-0.2, 0) is 25.7 Å². The Morgan fingerprint density at radius 2 is 1.43 bits per heavy atom. The number of hydrogen-bond acceptors (Lipinski definition) is 6. The molecule has 11 nitrogen and oxygen atoms in total. The number of amides is 5. The highest BCUT2D eigenvalue weighted by Gasteiger charge is 2.28. The average molecular weight is 511 g/mol. The fourth-order valence-corrected chi connectivity index (χ4v) is 3.64. The van der Waals surface area contributed by atoms with Gasteiger partial charge in [-0.2, -0.15) is 0 Å². The summed E-state index contributed by atoms with van der Waals surface area (Å²) in [5, 5.41) is 5.02. The molecule has 11 heteroatoms. The van der Waals surface area contributed by atoms with Crippen LogP contribution in [0.15, 0.2) is 60.7 Å². The van der Waals surface area contributed by atoms with E-state index in [0.29, 0.717) is 24.9 Å². The summed E-state index contributed by atoms with van der Waals surface area (Å²) in [5.74, 6) is -3.36. The Hall–Kier alpha value is -4.25. The fourth-order valence-electron chi connectivity index (χ4n) is 3.64. The smallest absolute Gasteiger partial charge is 0.254 e. The molecule has 8 N–H and O–H groups in total. The van der Waals surface area contributed by atoms with Crippen molar-refractivity contribution in [3.63, 3.8) is 0 Å². The summed E-state index contributed by atoms with van der Waals surface area (Å²) in [5.41, 5.74) is 17.2. The van der Waals surface area contributed by atoms with Crippen LogP contribution in [0.4, 0.5) is 0 Å². The maximum absolute atomic E-state index is 13.2. The van der Waals surface area contributed by atoms with Crippen LogP contribution in [-0.4, -0.2) is 59.6 Å². The van der Waals surface area contributed by atoms with Crippen LogP contribution in [0.2, 0.25) is 0 Å². The lowest BCUT2D eigenvalue weighted by molar-refractivity contribution is -0.132. The van der Waals surface area contributed by atoms with Gasteiger partial charge in [0.15, 0.2) is 0 Å². The van der Waals surface area contributed by atoms with Crippen LogP contribution < -0.4 is 27.8 Å². The van der Waals surface area contributed by atoms with Crippen molar-refractivity contribution in [1.29, 1.82) is 0 Å². The fraction of sp³-hybridized carbons (Fsp3) is 0.346. The molecule has 0 fully saturated rings. The van der Waals surface area contributed by atoms with E-state index in [9.17, 15) is 24.0 Å². The van der Waals surface area contributed by atoms with Crippen molar-refractivity contribution in [3.05, 3.63) is 71.8 Å². The predicted octanol–water partition coefficient (Wildman–Crippen LogP) is -0.212. The molecule has 0 saturated heterocycles. The van der Waals surface area contributed by atoms with E-state index in [-0.39, 0.29) is 25.4 Å². The van der Waals surface area contributed by atoms with Crippen LogP contribution in [0.5, 0.6) is 0 Å². The molecule has 0 spiro atoms. The standard InChI is InChI=1S/C26H34N6O5/c27-14-8-7-13-20(25(36)31-21(24(29)35)15-22(28)33)30-23(34)17-32(16-18-9-3-1-4-10-18)26(37)19-11-5-2-6-12-19/h1-6,9-12,20-21H,7-8,13-17,27H2,(H2,28,33)(H2,29,35)(H,30,34)(H,31,36)/t20-,21-/m0/s1. The number of nitrogens with zero attached hydrogens (tertiary/aromatic N) is 1. The molecule has 0 unspecified atom stereocenters. The molecule has 2 aromatic carbocycles. The van der Waals surface area contributed by atoms with Gasteiger partial charge in [0.2, 0.25) is 23.6 Å². The Labute approximate surface area is 215 Å². The third kappa shape index (κ3) is 10.1. The third-order valence-electron chi connectivity index (χ3n) is 5.52. The van der Waals surface area contributed by atoms with E-state index in [2.05, 4.69) is 10.6 Å². The van der Waals surface area contributed by atoms with Crippen molar-refractivity contribution in [3.8, 4) is 0 Å². The maximum Gasteiger partial charge on any atom is 0.254 e. The van der Waals surface area contributed by atoms with E-state index < -0.39 is 42.1 Å². The van der Waals surface area contributed by atoms with Crippen LogP contribution in [0.25, 0.3) is 0 Å². The molecule has 0 aliphatic carbocycles. The molecular weight excluding hydrogens is 476 g/mol. The van der Waals surface area contributed by atoms with E-state index in [1.807, 2.05) is 30.3 Å². The predicted molar refractivity (Wildman–Crippen MR) is 137 cm³/mol. The Kier molecular flexibility index (Phi) is 11.7. The number of rotatable bonds is 15. The second-order valence-corrected chi connectivity index (χ2v) is 8.55. The minimum absolute atomic E-state index is 0.175. The first kappa shape index (κ1) is 29.0. The van der Waals surface area contributed by atoms with Crippen LogP contribution in [0.1, 0.15) is 41.6 Å². The number of carbonyl (C=O) groups is 5. The van der Waals surface area contributed by atoms with Gasteiger partial charge < -0.3 is 32.7 Å². The number of hydrogen-bond donors (Lipinski definition) is 5. The molecule has 37 heavy (non-hydrogen) atoms. The van der Waals surface area contributed by atoms with Gasteiger partial charge >= 0.3 is 0 Å². The Bertz CT molecular complexity index is 1060. The van der Waals surface area contributed by atoms with Crippen molar-refractivity contribution < 1.29 is 24.0 Å². The molecule has 0 saturated carbocycles. The highest BCUT2D eigenvalue weighted by molar-refractivity contribution is 5.97. The average Bonchev–Trinajstić information content (AvgIpc) is 2.87. The van der Waals surface area contributed by atoms with Crippen molar-refractivity contribution in [2.24, 2.45) is 17.2 Å². The lowest BCUT2D eigenvalue weighted by Gasteiger charge is -2.25. The van der Waals surface area contributed by atoms with E-state index in [1.165, 1.54) is 4.90 Å². The summed E-state index contributed by atoms with van der Waals surface area (Å²) in [6, 6.07) is 15.4. The van der Waals surface area contributed by atoms with E-state index in [1.54, 1.807) is 30.3 Å². The van der Waals surface area contributed by atoms with Gasteiger partial charge in [-0.3, -0.25) is 24.0 Å². The monoisotopic (exact) mass is 510 g/mol. The number of nitrogens with one attached hydrogen (secondary N) is 2. The highest BCUT2D eigenvalue weighted by Crippen LogP contribution is 2.11. The second kappa shape index (κ2) is 15.0. The summed E-state index contributed by atoms with van der Waals surface area (Å²) in [4.78, 5) is 63.4. The van der Waals surface area contributed by atoms with Crippen molar-refractivity contribution in [2.75, 3.05) is 13.1 Å². The summed E-state index contributed by atoms with van der Waals surface area (Å²) in [6.07, 6.45) is 0.874. The van der Waals surface area contributed by atoms with Gasteiger partial charge in [0.25, 0.3) is 5.91 Å². The molecule has 198 valence electrons. The lowest BCUT2D eigenvalue weighted by atomic mass is 10.1. The topological polar surface area (TPSA) is 191 Å². The zero-order valence-corrected chi connectivity index (χ0v) is 20.6. The van der Waals surface area contributed by atoms with E-state index >= 15 is 0 Å². The van der Waals surface area contributed by atoms with Gasteiger partial charge in [-0.1, -0.05) is 48.5 Å². The summed E-state index contributed by atoms with van der Waals surface area (Å²) < 4.78 is 0. The number of primary amides is 2. The molecule has 0 radical (unpaired) electrons. The number of nitrogens with two attached hydrogens (primary N) is 3. The van der Waals surface area contributed by atoms with Gasteiger partial charge in [0.05, 0.1) is 6.42 Å². The zero-order valence-electron chi connectivity index (χ0n) is 20.6. The molecule has 0 aliphatic heterocycles. The largest absolute Gasteiger partial charge is 0.370 e. The Morgan fingerprint density at radius 1 is 0.811 bits per heavy atom. The van der Waals surface area contributed by atoms with Crippen molar-refractivity contribution in [1.82, 2.24) is 15.5 Å². The third-order valence-corrected chi connectivity index (χ3v) is 5.52. The molecule has 0 bridgehead atoms. The van der Waals surface area contributed by atoms with E-state index in [0.717, 1.165) is 5.56 Å². The Balaban J connectivity index is 2.18. The lowest BCUT2D eigenvalue weighted by Crippen LogP contribution is -2.55. The van der Waals surface area contributed by atoms with Gasteiger partial charge in [-0.25, -0.2) is 0 Å². The van der Waals surface area contributed by atoms with Crippen LogP contribution in [0.3, 0.4) is 0 Å². The summed E-state index contributed by atoms with van der Waals surface area (Å²) in [6.45, 7) is 0.252. The summed E-state index contributed by atoms with van der Waals surface area (Å²) >= 11 is 0. The van der Waals surface area contributed by atoms with Crippen molar-refractivity contribution >= 4 is 29.5 Å². The molecule has 5 amide bonds. The quantitative estimate of drug-likeness (QED) is 0.206. The van der Waals surface area contributed by atoms with Gasteiger partial charge in [-0.15, -0.1) is 0 Å². The Morgan fingerprint density at radius 3 is 2.00 bits per heavy atom. The minimum atomic E-state index is -1.31. The number of carbonyl (C=O) groups excluding carboxylic acids is 5. The molecular formula is C26H34N6O5. The SMILES string of the molecule is NCCCC[C@H](NC(=O)CN(Cc1ccccc1)C(=O)c1ccccc1)C(=O)N[C@@H](CC(N)=O)C(N)=O. The van der Waals surface area contributed by atoms with Crippen LogP contribution >= 0.6 is 0 Å². The van der Waals surface area contributed by atoms with Crippen LogP contribution in [0, 0.1) is 0 Å². The first-order valence-electron chi connectivity index (χ1n) is 12.0. The first-order valence-corrected chi connectivity index (χ1v) is 12.0. The van der Waals surface area contributed by atoms with E-state index in [4.69, 9.17) is 17.2 Å². The number of benzene rings is 2. The highest BCUT2D eigenvalue weighted by atomic mass is 16.2.